The first kappa shape index (κ1) is 15.3. The summed E-state index contributed by atoms with van der Waals surface area (Å²) in [5.41, 5.74) is 8.59. The third-order valence-corrected chi connectivity index (χ3v) is 3.69. The molecule has 112 valence electrons. The van der Waals surface area contributed by atoms with Crippen LogP contribution in [0.25, 0.3) is 0 Å². The van der Waals surface area contributed by atoms with E-state index in [1.165, 1.54) is 6.07 Å². The van der Waals surface area contributed by atoms with E-state index in [2.05, 4.69) is 4.90 Å². The van der Waals surface area contributed by atoms with Gasteiger partial charge in [-0.05, 0) is 54.8 Å². The fraction of sp³-hybridized carbons (Fsp3) is 0.294. The van der Waals surface area contributed by atoms with Crippen LogP contribution in [0.4, 0.5) is 10.1 Å². The lowest BCUT2D eigenvalue weighted by molar-refractivity contribution is 0.475. The molecule has 2 aromatic carbocycles. The summed E-state index contributed by atoms with van der Waals surface area (Å²) in [5, 5.41) is 9.28. The molecule has 2 rings (SSSR count). The normalized spacial score (nSPS) is 12.2. The van der Waals surface area contributed by atoms with Gasteiger partial charge in [0.05, 0.1) is 0 Å². The van der Waals surface area contributed by atoms with Crippen molar-refractivity contribution in [2.45, 2.75) is 19.4 Å². The van der Waals surface area contributed by atoms with E-state index < -0.39 is 0 Å². The Kier molecular flexibility index (Phi) is 4.81. The summed E-state index contributed by atoms with van der Waals surface area (Å²) < 4.78 is 13.6. The van der Waals surface area contributed by atoms with Crippen molar-refractivity contribution in [2.24, 2.45) is 5.73 Å². The molecule has 0 heterocycles. The number of benzene rings is 2. The maximum atomic E-state index is 13.6. The van der Waals surface area contributed by atoms with Crippen LogP contribution < -0.4 is 10.6 Å². The summed E-state index contributed by atoms with van der Waals surface area (Å²) >= 11 is 0. The molecule has 1 unspecified atom stereocenters. The Bertz CT molecular complexity index is 598. The lowest BCUT2D eigenvalue weighted by Gasteiger charge is -2.22. The fourth-order valence-corrected chi connectivity index (χ4v) is 2.18. The third kappa shape index (κ3) is 3.95. The molecule has 0 amide bonds. The van der Waals surface area contributed by atoms with Crippen LogP contribution in [-0.2, 0) is 0 Å². The molecule has 1 atom stereocenters. The second-order valence-corrected chi connectivity index (χ2v) is 5.34. The predicted molar refractivity (Wildman–Crippen MR) is 84.1 cm³/mol. The summed E-state index contributed by atoms with van der Waals surface area (Å²) in [6.07, 6.45) is 0.722. The van der Waals surface area contributed by atoms with Crippen LogP contribution in [0.1, 0.15) is 23.6 Å². The highest BCUT2D eigenvalue weighted by Crippen LogP contribution is 2.21. The van der Waals surface area contributed by atoms with Gasteiger partial charge in [-0.1, -0.05) is 12.1 Å². The van der Waals surface area contributed by atoms with Crippen LogP contribution in [0.2, 0.25) is 0 Å². The predicted octanol–water partition coefficient (Wildman–Crippen LogP) is 3.37. The van der Waals surface area contributed by atoms with E-state index in [9.17, 15) is 9.50 Å². The number of rotatable bonds is 5. The molecule has 0 bridgehead atoms. The number of hydrogen-bond donors (Lipinski definition) is 2. The molecule has 0 radical (unpaired) electrons. The summed E-state index contributed by atoms with van der Waals surface area (Å²) in [6.45, 7) is 2.49. The lowest BCUT2D eigenvalue weighted by Crippen LogP contribution is -2.23. The minimum atomic E-state index is -0.213. The number of phenols is 1. The summed E-state index contributed by atoms with van der Waals surface area (Å²) in [7, 11) is 1.97. The van der Waals surface area contributed by atoms with Gasteiger partial charge < -0.3 is 15.7 Å². The standard InChI is InChI=1S/C17H21FN2O/c1-12-3-4-13(11-16(12)18)17(19)9-10-20(2)14-5-7-15(21)8-6-14/h3-8,11,17,21H,9-10,19H2,1-2H3. The van der Waals surface area contributed by atoms with Gasteiger partial charge in [0.25, 0.3) is 0 Å². The second-order valence-electron chi connectivity index (χ2n) is 5.34. The monoisotopic (exact) mass is 288 g/mol. The van der Waals surface area contributed by atoms with Crippen molar-refractivity contribution in [2.75, 3.05) is 18.5 Å². The first-order chi connectivity index (χ1) is 9.97. The van der Waals surface area contributed by atoms with Crippen LogP contribution in [0.3, 0.4) is 0 Å². The highest BCUT2D eigenvalue weighted by atomic mass is 19.1. The number of nitrogens with zero attached hydrogens (tertiary/aromatic N) is 1. The first-order valence-corrected chi connectivity index (χ1v) is 6.99. The van der Waals surface area contributed by atoms with E-state index >= 15 is 0 Å². The van der Waals surface area contributed by atoms with Crippen molar-refractivity contribution in [3.63, 3.8) is 0 Å². The van der Waals surface area contributed by atoms with Crippen molar-refractivity contribution in [3.05, 3.63) is 59.4 Å². The van der Waals surface area contributed by atoms with Crippen LogP contribution in [-0.4, -0.2) is 18.7 Å². The number of aromatic hydroxyl groups is 1. The molecule has 0 aliphatic heterocycles. The maximum Gasteiger partial charge on any atom is 0.126 e. The Labute approximate surface area is 124 Å². The van der Waals surface area contributed by atoms with Gasteiger partial charge in [0, 0.05) is 25.3 Å². The molecule has 0 aliphatic carbocycles. The fourth-order valence-electron chi connectivity index (χ4n) is 2.18. The van der Waals surface area contributed by atoms with Gasteiger partial charge in [0.1, 0.15) is 11.6 Å². The molecule has 0 saturated heterocycles. The largest absolute Gasteiger partial charge is 0.508 e. The molecule has 0 aromatic heterocycles. The van der Waals surface area contributed by atoms with Crippen LogP contribution in [0.15, 0.2) is 42.5 Å². The van der Waals surface area contributed by atoms with Gasteiger partial charge in [-0.2, -0.15) is 0 Å². The van der Waals surface area contributed by atoms with Crippen molar-refractivity contribution >= 4 is 5.69 Å². The zero-order chi connectivity index (χ0) is 15.4. The van der Waals surface area contributed by atoms with Crippen molar-refractivity contribution in [1.29, 1.82) is 0 Å². The van der Waals surface area contributed by atoms with Gasteiger partial charge in [-0.25, -0.2) is 4.39 Å². The number of phenolic OH excluding ortho intramolecular Hbond substituents is 1. The van der Waals surface area contributed by atoms with E-state index in [-0.39, 0.29) is 17.6 Å². The maximum absolute atomic E-state index is 13.6. The molecule has 0 fully saturated rings. The average molecular weight is 288 g/mol. The van der Waals surface area contributed by atoms with E-state index in [1.54, 1.807) is 25.1 Å². The van der Waals surface area contributed by atoms with Gasteiger partial charge in [0.15, 0.2) is 0 Å². The molecule has 21 heavy (non-hydrogen) atoms. The smallest absolute Gasteiger partial charge is 0.126 e. The van der Waals surface area contributed by atoms with Crippen LogP contribution in [0.5, 0.6) is 5.75 Å². The van der Waals surface area contributed by atoms with Crippen molar-refractivity contribution < 1.29 is 9.50 Å². The van der Waals surface area contributed by atoms with Gasteiger partial charge in [0.2, 0.25) is 0 Å². The zero-order valence-corrected chi connectivity index (χ0v) is 12.4. The molecule has 0 aliphatic rings. The molecule has 3 nitrogen and oxygen atoms in total. The van der Waals surface area contributed by atoms with E-state index in [0.717, 1.165) is 24.2 Å². The topological polar surface area (TPSA) is 49.5 Å². The number of hydrogen-bond acceptors (Lipinski definition) is 3. The number of aryl methyl sites for hydroxylation is 1. The van der Waals surface area contributed by atoms with Crippen molar-refractivity contribution in [3.8, 4) is 5.75 Å². The summed E-state index contributed by atoms with van der Waals surface area (Å²) in [6, 6.07) is 12.0. The molecular formula is C17H21FN2O. The number of anilines is 1. The molecule has 2 aromatic rings. The Morgan fingerprint density at radius 2 is 1.86 bits per heavy atom. The Morgan fingerprint density at radius 3 is 2.48 bits per heavy atom. The zero-order valence-electron chi connectivity index (χ0n) is 12.4. The molecular weight excluding hydrogens is 267 g/mol. The molecule has 0 spiro atoms. The summed E-state index contributed by atoms with van der Waals surface area (Å²) in [4.78, 5) is 2.06. The molecule has 3 N–H and O–H groups in total. The Hall–Kier alpha value is -2.07. The van der Waals surface area contributed by atoms with Gasteiger partial charge in [-0.3, -0.25) is 0 Å². The lowest BCUT2D eigenvalue weighted by atomic mass is 10.0. The van der Waals surface area contributed by atoms with Gasteiger partial charge >= 0.3 is 0 Å². The molecule has 4 heteroatoms. The third-order valence-electron chi connectivity index (χ3n) is 3.69. The highest BCUT2D eigenvalue weighted by Gasteiger charge is 2.10. The van der Waals surface area contributed by atoms with Crippen molar-refractivity contribution in [1.82, 2.24) is 0 Å². The first-order valence-electron chi connectivity index (χ1n) is 6.99. The minimum Gasteiger partial charge on any atom is -0.508 e. The quantitative estimate of drug-likeness (QED) is 0.887. The highest BCUT2D eigenvalue weighted by molar-refractivity contribution is 5.48. The van der Waals surface area contributed by atoms with E-state index in [4.69, 9.17) is 5.73 Å². The Morgan fingerprint density at radius 1 is 1.19 bits per heavy atom. The minimum absolute atomic E-state index is 0.195. The van der Waals surface area contributed by atoms with Crippen LogP contribution in [0, 0.1) is 12.7 Å². The SMILES string of the molecule is Cc1ccc(C(N)CCN(C)c2ccc(O)cc2)cc1F. The second kappa shape index (κ2) is 6.59. The molecule has 0 saturated carbocycles. The van der Waals surface area contributed by atoms with Crippen LogP contribution >= 0.6 is 0 Å². The number of halogens is 1. The van der Waals surface area contributed by atoms with E-state index in [1.807, 2.05) is 25.2 Å². The number of nitrogens with two attached hydrogens (primary N) is 1. The summed E-state index contributed by atoms with van der Waals surface area (Å²) in [5.74, 6) is 0.0359. The average Bonchev–Trinajstić information content (AvgIpc) is 2.48. The Balaban J connectivity index is 1.95. The van der Waals surface area contributed by atoms with E-state index in [0.29, 0.717) is 5.56 Å². The van der Waals surface area contributed by atoms with Gasteiger partial charge in [-0.15, -0.1) is 0 Å².